The highest BCUT2D eigenvalue weighted by atomic mass is 19.3. The van der Waals surface area contributed by atoms with Crippen LogP contribution in [0.25, 0.3) is 0 Å². The molecule has 1 aromatic carbocycles. The van der Waals surface area contributed by atoms with E-state index in [9.17, 15) is 8.78 Å². The number of alkyl halides is 2. The van der Waals surface area contributed by atoms with E-state index in [0.29, 0.717) is 13.1 Å². The number of piperazine rings is 1. The quantitative estimate of drug-likeness (QED) is 0.871. The molecule has 0 aliphatic carbocycles. The van der Waals surface area contributed by atoms with Crippen LogP contribution < -0.4 is 5.32 Å². The molecular weight excluding hydrogens is 222 g/mol. The minimum absolute atomic E-state index is 0.683. The lowest BCUT2D eigenvalue weighted by Gasteiger charge is -2.34. The van der Waals surface area contributed by atoms with Crippen molar-refractivity contribution in [1.82, 2.24) is 10.2 Å². The first kappa shape index (κ1) is 12.5. The molecule has 0 bridgehead atoms. The van der Waals surface area contributed by atoms with Crippen molar-refractivity contribution in [2.45, 2.75) is 19.4 Å². The monoisotopic (exact) mass is 240 g/mol. The summed E-state index contributed by atoms with van der Waals surface area (Å²) >= 11 is 0. The second-order valence-corrected chi connectivity index (χ2v) is 4.48. The van der Waals surface area contributed by atoms with Gasteiger partial charge in [-0.2, -0.15) is 0 Å². The fourth-order valence-electron chi connectivity index (χ4n) is 2.33. The Morgan fingerprint density at radius 3 is 2.53 bits per heavy atom. The Morgan fingerprint density at radius 1 is 1.24 bits per heavy atom. The molecule has 0 aromatic heterocycles. The van der Waals surface area contributed by atoms with Crippen LogP contribution in [-0.2, 0) is 0 Å². The Labute approximate surface area is 101 Å². The van der Waals surface area contributed by atoms with E-state index in [1.807, 2.05) is 30.0 Å². The number of nitrogens with zero attached hydrogens (tertiary/aromatic N) is 1. The molecule has 1 heterocycles. The van der Waals surface area contributed by atoms with E-state index in [1.54, 1.807) is 6.07 Å². The van der Waals surface area contributed by atoms with Gasteiger partial charge in [0.15, 0.2) is 0 Å². The molecule has 1 atom stereocenters. The van der Waals surface area contributed by atoms with Crippen LogP contribution >= 0.6 is 0 Å². The van der Waals surface area contributed by atoms with Crippen LogP contribution in [0.5, 0.6) is 0 Å². The van der Waals surface area contributed by atoms with Crippen LogP contribution in [0.15, 0.2) is 24.3 Å². The highest BCUT2D eigenvalue weighted by Crippen LogP contribution is 2.28. The maximum absolute atomic E-state index is 13.2. The average molecular weight is 240 g/mol. The molecule has 0 radical (unpaired) electrons. The topological polar surface area (TPSA) is 15.3 Å². The summed E-state index contributed by atoms with van der Waals surface area (Å²) in [6.07, 6.45) is -2.34. The molecule has 0 saturated carbocycles. The van der Waals surface area contributed by atoms with E-state index < -0.39 is 12.5 Å². The molecule has 1 saturated heterocycles. The van der Waals surface area contributed by atoms with Gasteiger partial charge in [-0.1, -0.05) is 29.8 Å². The van der Waals surface area contributed by atoms with Crippen LogP contribution in [-0.4, -0.2) is 37.5 Å². The third-order valence-electron chi connectivity index (χ3n) is 3.17. The SMILES string of the molecule is Cc1cccc([C@H](C(F)F)N2CCNCC2)c1. The second-order valence-electron chi connectivity index (χ2n) is 4.48. The normalized spacial score (nSPS) is 19.5. The van der Waals surface area contributed by atoms with Crippen molar-refractivity contribution < 1.29 is 8.78 Å². The van der Waals surface area contributed by atoms with Crippen molar-refractivity contribution in [2.75, 3.05) is 26.2 Å². The van der Waals surface area contributed by atoms with Gasteiger partial charge in [-0.3, -0.25) is 4.90 Å². The number of hydrogen-bond donors (Lipinski definition) is 1. The Balaban J connectivity index is 2.21. The van der Waals surface area contributed by atoms with Crippen LogP contribution in [0.3, 0.4) is 0 Å². The van der Waals surface area contributed by atoms with Crippen LogP contribution in [0, 0.1) is 6.92 Å². The minimum atomic E-state index is -2.34. The van der Waals surface area contributed by atoms with Gasteiger partial charge in [-0.15, -0.1) is 0 Å². The number of benzene rings is 1. The van der Waals surface area contributed by atoms with Gasteiger partial charge < -0.3 is 5.32 Å². The fourth-order valence-corrected chi connectivity index (χ4v) is 2.33. The van der Waals surface area contributed by atoms with Gasteiger partial charge in [0.2, 0.25) is 0 Å². The molecule has 1 aromatic rings. The van der Waals surface area contributed by atoms with E-state index >= 15 is 0 Å². The molecule has 1 fully saturated rings. The maximum atomic E-state index is 13.2. The lowest BCUT2D eigenvalue weighted by atomic mass is 10.0. The van der Waals surface area contributed by atoms with Gasteiger partial charge in [0, 0.05) is 26.2 Å². The first-order valence-electron chi connectivity index (χ1n) is 5.98. The van der Waals surface area contributed by atoms with Crippen LogP contribution in [0.1, 0.15) is 17.2 Å². The molecule has 94 valence electrons. The molecule has 1 aliphatic heterocycles. The third kappa shape index (κ3) is 3.01. The van der Waals surface area contributed by atoms with E-state index in [1.165, 1.54) is 0 Å². The molecule has 0 spiro atoms. The largest absolute Gasteiger partial charge is 0.314 e. The summed E-state index contributed by atoms with van der Waals surface area (Å²) in [4.78, 5) is 1.87. The first-order valence-corrected chi connectivity index (χ1v) is 5.98. The molecular formula is C13H18F2N2. The lowest BCUT2D eigenvalue weighted by Crippen LogP contribution is -2.46. The van der Waals surface area contributed by atoms with E-state index in [-0.39, 0.29) is 0 Å². The Hall–Kier alpha value is -1.00. The van der Waals surface area contributed by atoms with Gasteiger partial charge in [0.25, 0.3) is 6.43 Å². The van der Waals surface area contributed by atoms with Crippen molar-refractivity contribution in [3.63, 3.8) is 0 Å². The van der Waals surface area contributed by atoms with Crippen molar-refractivity contribution in [2.24, 2.45) is 0 Å². The standard InChI is InChI=1S/C13H18F2N2/c1-10-3-2-4-11(9-10)12(13(14)15)17-7-5-16-6-8-17/h2-4,9,12-13,16H,5-8H2,1H3/t12-/m1/s1. The summed E-state index contributed by atoms with van der Waals surface area (Å²) in [6.45, 7) is 4.87. The summed E-state index contributed by atoms with van der Waals surface area (Å²) in [6, 6.07) is 6.67. The summed E-state index contributed by atoms with van der Waals surface area (Å²) < 4.78 is 26.5. The van der Waals surface area contributed by atoms with Crippen molar-refractivity contribution in [3.8, 4) is 0 Å². The van der Waals surface area contributed by atoms with Gasteiger partial charge in [-0.05, 0) is 12.5 Å². The number of rotatable bonds is 3. The molecule has 2 nitrogen and oxygen atoms in total. The first-order chi connectivity index (χ1) is 8.18. The summed E-state index contributed by atoms with van der Waals surface area (Å²) in [7, 11) is 0. The Kier molecular flexibility index (Phi) is 4.07. The molecule has 1 N–H and O–H groups in total. The third-order valence-corrected chi connectivity index (χ3v) is 3.17. The zero-order chi connectivity index (χ0) is 12.3. The van der Waals surface area contributed by atoms with E-state index in [4.69, 9.17) is 0 Å². The molecule has 4 heteroatoms. The van der Waals surface area contributed by atoms with E-state index in [2.05, 4.69) is 5.32 Å². The number of nitrogens with one attached hydrogen (secondary N) is 1. The summed E-state index contributed by atoms with van der Waals surface area (Å²) in [5.41, 5.74) is 1.75. The summed E-state index contributed by atoms with van der Waals surface area (Å²) in [5, 5.41) is 3.18. The Bertz CT molecular complexity index is 362. The maximum Gasteiger partial charge on any atom is 0.258 e. The van der Waals surface area contributed by atoms with Crippen molar-refractivity contribution >= 4 is 0 Å². The molecule has 0 unspecified atom stereocenters. The zero-order valence-corrected chi connectivity index (χ0v) is 10.00. The van der Waals surface area contributed by atoms with Gasteiger partial charge in [0.05, 0.1) is 6.04 Å². The second kappa shape index (κ2) is 5.56. The smallest absolute Gasteiger partial charge is 0.258 e. The number of aryl methyl sites for hydroxylation is 1. The van der Waals surface area contributed by atoms with Crippen LogP contribution in [0.2, 0.25) is 0 Å². The van der Waals surface area contributed by atoms with Gasteiger partial charge in [-0.25, -0.2) is 8.78 Å². The molecule has 1 aliphatic rings. The van der Waals surface area contributed by atoms with Crippen molar-refractivity contribution in [1.29, 1.82) is 0 Å². The fraction of sp³-hybridized carbons (Fsp3) is 0.538. The van der Waals surface area contributed by atoms with Gasteiger partial charge >= 0.3 is 0 Å². The summed E-state index contributed by atoms with van der Waals surface area (Å²) in [5.74, 6) is 0. The van der Waals surface area contributed by atoms with Gasteiger partial charge in [0.1, 0.15) is 0 Å². The number of halogens is 2. The van der Waals surface area contributed by atoms with Crippen molar-refractivity contribution in [3.05, 3.63) is 35.4 Å². The highest BCUT2D eigenvalue weighted by molar-refractivity contribution is 5.25. The number of hydrogen-bond acceptors (Lipinski definition) is 2. The molecule has 17 heavy (non-hydrogen) atoms. The zero-order valence-electron chi connectivity index (χ0n) is 10.00. The van der Waals surface area contributed by atoms with Crippen LogP contribution in [0.4, 0.5) is 8.78 Å². The molecule has 0 amide bonds. The predicted octanol–water partition coefficient (Wildman–Crippen LogP) is 2.21. The molecule has 2 rings (SSSR count). The average Bonchev–Trinajstić information content (AvgIpc) is 2.30. The van der Waals surface area contributed by atoms with E-state index in [0.717, 1.165) is 24.2 Å². The highest BCUT2D eigenvalue weighted by Gasteiger charge is 2.29. The predicted molar refractivity (Wildman–Crippen MR) is 64.4 cm³/mol. The lowest BCUT2D eigenvalue weighted by molar-refractivity contribution is 0.0181. The minimum Gasteiger partial charge on any atom is -0.314 e. The Morgan fingerprint density at radius 2 is 1.94 bits per heavy atom.